The van der Waals surface area contributed by atoms with Gasteiger partial charge in [0.05, 0.1) is 0 Å². The number of carboxylic acid groups (broad SMARTS) is 1. The second-order valence-electron chi connectivity index (χ2n) is 13.2. The molecule has 3 nitrogen and oxygen atoms in total. The van der Waals surface area contributed by atoms with Crippen LogP contribution in [0, 0.1) is 0 Å². The number of nitrogens with zero attached hydrogens (tertiary/aromatic N) is 1. The topological polar surface area (TPSA) is 43.4 Å². The van der Waals surface area contributed by atoms with E-state index in [0.717, 1.165) is 25.9 Å². The summed E-state index contributed by atoms with van der Waals surface area (Å²) in [6.45, 7) is 9.09. The third-order valence-electron chi connectivity index (χ3n) is 9.27. The number of hydrogen-bond donors (Lipinski definition) is 0. The fraction of sp³-hybridized carbons (Fsp3) is 0.974. The van der Waals surface area contributed by atoms with E-state index in [-0.39, 0.29) is 36.0 Å². The van der Waals surface area contributed by atoms with Crippen molar-refractivity contribution >= 4 is 5.97 Å². The first-order chi connectivity index (χ1) is 20.2. The summed E-state index contributed by atoms with van der Waals surface area (Å²) in [4.78, 5) is 13.7. The maximum Gasteiger partial charge on any atom is 1.00 e. The zero-order valence-electron chi connectivity index (χ0n) is 29.7. The molecule has 0 aliphatic heterocycles. The molecule has 0 aliphatic carbocycles. The van der Waals surface area contributed by atoms with Gasteiger partial charge in [0.25, 0.3) is 0 Å². The zero-order chi connectivity index (χ0) is 30.1. The van der Waals surface area contributed by atoms with E-state index in [0.29, 0.717) is 6.04 Å². The third kappa shape index (κ3) is 33.3. The average Bonchev–Trinajstić information content (AvgIpc) is 2.97. The van der Waals surface area contributed by atoms with E-state index in [1.165, 1.54) is 180 Å². The van der Waals surface area contributed by atoms with Crippen molar-refractivity contribution in [2.45, 2.75) is 226 Å². The first-order valence-electron chi connectivity index (χ1n) is 19.1. The molecule has 0 aromatic heterocycles. The van der Waals surface area contributed by atoms with E-state index >= 15 is 0 Å². The number of carbonyl (C=O) groups excluding carboxylic acids is 1. The van der Waals surface area contributed by atoms with Crippen LogP contribution in [-0.2, 0) is 4.79 Å². The smallest absolute Gasteiger partial charge is 0.550 e. The molecule has 0 heterocycles. The Morgan fingerprint density at radius 1 is 0.476 bits per heavy atom. The molecule has 4 heteroatoms. The quantitative estimate of drug-likeness (QED) is 0.0540. The Morgan fingerprint density at radius 2 is 0.738 bits per heavy atom. The molecule has 1 unspecified atom stereocenters. The molecule has 1 atom stereocenters. The van der Waals surface area contributed by atoms with Gasteiger partial charge in [0.15, 0.2) is 0 Å². The van der Waals surface area contributed by atoms with Gasteiger partial charge < -0.3 is 14.8 Å². The van der Waals surface area contributed by atoms with Gasteiger partial charge in [-0.1, -0.05) is 188 Å². The SMILES string of the molecule is CCCCCCCCCCCCCCCCN(CCCCCCCCCCCCCCCC)C(CC)CCC(=O)[O-].[Na+]. The predicted octanol–water partition coefficient (Wildman–Crippen LogP) is 8.56. The normalized spacial score (nSPS) is 12.1. The second-order valence-corrected chi connectivity index (χ2v) is 13.2. The number of aliphatic carboxylic acids is 1. The van der Waals surface area contributed by atoms with Gasteiger partial charge in [-0.3, -0.25) is 0 Å². The van der Waals surface area contributed by atoms with Crippen molar-refractivity contribution in [1.29, 1.82) is 0 Å². The molecule has 0 aliphatic rings. The standard InChI is InChI=1S/C38H77NO2.Na/c1-4-7-9-11-13-15-17-19-21-23-25-27-29-31-35-39(37(6-3)33-34-38(40)41)36-32-30-28-26-24-22-20-18-16-14-12-10-8-5-2;/h37H,4-36H2,1-3H3,(H,40,41);/q;+1/p-1. The molecule has 0 rings (SSSR count). The minimum atomic E-state index is -0.892. The Balaban J connectivity index is 0. The van der Waals surface area contributed by atoms with Crippen molar-refractivity contribution < 1.29 is 39.5 Å². The Labute approximate surface area is 287 Å². The molecule has 0 N–H and O–H groups in total. The average molecular weight is 602 g/mol. The minimum absolute atomic E-state index is 0. The number of hydrogen-bond acceptors (Lipinski definition) is 3. The Morgan fingerprint density at radius 3 is 0.976 bits per heavy atom. The van der Waals surface area contributed by atoms with Crippen LogP contribution in [-0.4, -0.2) is 30.0 Å². The van der Waals surface area contributed by atoms with Crippen LogP contribution in [0.3, 0.4) is 0 Å². The van der Waals surface area contributed by atoms with Crippen LogP contribution in [0.25, 0.3) is 0 Å². The Kier molecular flexibility index (Phi) is 39.9. The number of unbranched alkanes of at least 4 members (excludes halogenated alkanes) is 26. The van der Waals surface area contributed by atoms with Crippen LogP contribution in [0.1, 0.15) is 220 Å². The zero-order valence-corrected chi connectivity index (χ0v) is 31.7. The monoisotopic (exact) mass is 602 g/mol. The Bertz CT molecular complexity index is 483. The van der Waals surface area contributed by atoms with Crippen LogP contribution < -0.4 is 34.7 Å². The summed E-state index contributed by atoms with van der Waals surface area (Å²) < 4.78 is 0. The first-order valence-corrected chi connectivity index (χ1v) is 19.1. The van der Waals surface area contributed by atoms with Gasteiger partial charge in [0, 0.05) is 12.0 Å². The third-order valence-corrected chi connectivity index (χ3v) is 9.27. The molecule has 0 aromatic rings. The largest absolute Gasteiger partial charge is 1.00 e. The summed E-state index contributed by atoms with van der Waals surface area (Å²) in [7, 11) is 0. The van der Waals surface area contributed by atoms with Crippen molar-refractivity contribution in [3.63, 3.8) is 0 Å². The predicted molar refractivity (Wildman–Crippen MR) is 181 cm³/mol. The van der Waals surface area contributed by atoms with E-state index in [1.54, 1.807) is 0 Å². The van der Waals surface area contributed by atoms with E-state index < -0.39 is 5.97 Å². The van der Waals surface area contributed by atoms with E-state index in [4.69, 9.17) is 0 Å². The molecule has 0 amide bonds. The molecular weight excluding hydrogens is 525 g/mol. The van der Waals surface area contributed by atoms with Gasteiger partial charge in [0.1, 0.15) is 0 Å². The Hall–Kier alpha value is 0.430. The van der Waals surface area contributed by atoms with Crippen molar-refractivity contribution in [3.05, 3.63) is 0 Å². The summed E-state index contributed by atoms with van der Waals surface area (Å²) in [5, 5.41) is 11.1. The van der Waals surface area contributed by atoms with Crippen LogP contribution in [0.15, 0.2) is 0 Å². The molecule has 0 radical (unpaired) electrons. The number of carbonyl (C=O) groups is 1. The molecular formula is C38H76NNaO2. The van der Waals surface area contributed by atoms with E-state index in [9.17, 15) is 9.90 Å². The van der Waals surface area contributed by atoms with E-state index in [1.807, 2.05) is 0 Å². The van der Waals surface area contributed by atoms with Gasteiger partial charge in [-0.25, -0.2) is 0 Å². The fourth-order valence-corrected chi connectivity index (χ4v) is 6.43. The summed E-state index contributed by atoms with van der Waals surface area (Å²) in [5.74, 6) is -0.892. The van der Waals surface area contributed by atoms with Gasteiger partial charge in [0.2, 0.25) is 0 Å². The summed E-state index contributed by atoms with van der Waals surface area (Å²) in [5.41, 5.74) is 0. The molecule has 0 spiro atoms. The van der Waals surface area contributed by atoms with Crippen LogP contribution >= 0.6 is 0 Å². The molecule has 246 valence electrons. The molecule has 0 fully saturated rings. The van der Waals surface area contributed by atoms with Gasteiger partial charge in [-0.15, -0.1) is 0 Å². The number of rotatable bonds is 35. The van der Waals surface area contributed by atoms with Crippen LogP contribution in [0.4, 0.5) is 0 Å². The summed E-state index contributed by atoms with van der Waals surface area (Å²) in [6.07, 6.45) is 41.1. The first kappa shape index (κ1) is 44.6. The molecule has 0 saturated carbocycles. The molecule has 0 bridgehead atoms. The minimum Gasteiger partial charge on any atom is -0.550 e. The molecule has 0 aromatic carbocycles. The number of carboxylic acids is 1. The van der Waals surface area contributed by atoms with Crippen molar-refractivity contribution in [1.82, 2.24) is 4.90 Å². The van der Waals surface area contributed by atoms with Gasteiger partial charge in [-0.2, -0.15) is 0 Å². The van der Waals surface area contributed by atoms with Crippen LogP contribution in [0.2, 0.25) is 0 Å². The van der Waals surface area contributed by atoms with Gasteiger partial charge in [-0.05, 0) is 45.2 Å². The summed E-state index contributed by atoms with van der Waals surface area (Å²) in [6, 6.07) is 0.400. The van der Waals surface area contributed by atoms with Crippen molar-refractivity contribution in [3.8, 4) is 0 Å². The molecule has 0 saturated heterocycles. The summed E-state index contributed by atoms with van der Waals surface area (Å²) >= 11 is 0. The fourth-order valence-electron chi connectivity index (χ4n) is 6.43. The maximum atomic E-state index is 11.1. The van der Waals surface area contributed by atoms with Gasteiger partial charge >= 0.3 is 29.6 Å². The molecule has 42 heavy (non-hydrogen) atoms. The van der Waals surface area contributed by atoms with E-state index in [2.05, 4.69) is 25.7 Å². The van der Waals surface area contributed by atoms with Crippen molar-refractivity contribution in [2.75, 3.05) is 13.1 Å². The second kappa shape index (κ2) is 37.6. The van der Waals surface area contributed by atoms with Crippen LogP contribution in [0.5, 0.6) is 0 Å². The maximum absolute atomic E-state index is 11.1. The van der Waals surface area contributed by atoms with Crippen molar-refractivity contribution in [2.24, 2.45) is 0 Å².